The number of rotatable bonds is 5. The molecule has 2 unspecified atom stereocenters. The molecule has 2 heteroatoms. The zero-order valence-corrected chi connectivity index (χ0v) is 25.3. The molecule has 2 aliphatic rings. The van der Waals surface area contributed by atoms with E-state index >= 15 is 0 Å². The first-order valence-electron chi connectivity index (χ1n) is 15.2. The molecule has 2 aliphatic carbocycles. The molecule has 0 heterocycles. The first-order chi connectivity index (χ1) is 18.0. The highest BCUT2D eigenvalue weighted by atomic mass is 28.3. The predicted octanol–water partition coefficient (Wildman–Crippen LogP) is 10.4. The molecule has 1 nitrogen and oxygen atoms in total. The minimum absolute atomic E-state index is 0.711. The van der Waals surface area contributed by atoms with Crippen molar-refractivity contribution in [3.8, 4) is 11.1 Å². The Hall–Kier alpha value is -1.90. The van der Waals surface area contributed by atoms with Crippen LogP contribution in [0.1, 0.15) is 101 Å². The molecule has 37 heavy (non-hydrogen) atoms. The molecular formula is C35H53NSi. The van der Waals surface area contributed by atoms with Crippen molar-refractivity contribution in [2.45, 2.75) is 116 Å². The molecule has 0 aliphatic heterocycles. The third-order valence-corrected chi connectivity index (χ3v) is 12.1. The normalized spacial score (nSPS) is 21.8. The molecule has 0 aromatic heterocycles. The highest BCUT2D eigenvalue weighted by Crippen LogP contribution is 2.46. The lowest BCUT2D eigenvalue weighted by Crippen LogP contribution is -2.55. The summed E-state index contributed by atoms with van der Waals surface area (Å²) in [5, 5.41) is 0. The van der Waals surface area contributed by atoms with Gasteiger partial charge in [-0.1, -0.05) is 151 Å². The van der Waals surface area contributed by atoms with Crippen molar-refractivity contribution in [2.24, 2.45) is 5.92 Å². The molecule has 2 atom stereocenters. The van der Waals surface area contributed by atoms with E-state index < -0.39 is 8.24 Å². The summed E-state index contributed by atoms with van der Waals surface area (Å²) in [5.74, 6) is 0.732. The monoisotopic (exact) mass is 515 g/mol. The number of nitrogens with one attached hydrogen (secondary N) is 1. The van der Waals surface area contributed by atoms with Gasteiger partial charge in [-0.2, -0.15) is 0 Å². The van der Waals surface area contributed by atoms with Crippen LogP contribution in [0, 0.1) is 5.92 Å². The SMILES string of the molecule is C=CC=CC.CC1Cc2c(-c3ccccc3)cccc2C1[Si](C)(C)NC1CCCCCCCCCCC1. The first kappa shape index (κ1) is 29.6. The maximum absolute atomic E-state index is 4.36. The van der Waals surface area contributed by atoms with Gasteiger partial charge in [0.1, 0.15) is 8.24 Å². The average molecular weight is 516 g/mol. The fourth-order valence-electron chi connectivity index (χ4n) is 6.92. The molecule has 2 aromatic rings. The van der Waals surface area contributed by atoms with E-state index in [0.29, 0.717) is 5.54 Å². The van der Waals surface area contributed by atoms with Crippen LogP contribution in [0.25, 0.3) is 11.1 Å². The maximum Gasteiger partial charge on any atom is 0.127 e. The lowest BCUT2D eigenvalue weighted by atomic mass is 9.97. The van der Waals surface area contributed by atoms with Crippen LogP contribution in [0.4, 0.5) is 0 Å². The van der Waals surface area contributed by atoms with Gasteiger partial charge in [0, 0.05) is 6.04 Å². The van der Waals surface area contributed by atoms with E-state index in [1.165, 1.54) is 88.2 Å². The molecule has 0 amide bonds. The number of allylic oxidation sites excluding steroid dienone is 3. The van der Waals surface area contributed by atoms with E-state index in [1.54, 1.807) is 17.2 Å². The number of fused-ring (bicyclic) bond motifs is 1. The molecule has 0 saturated heterocycles. The molecule has 4 rings (SSSR count). The van der Waals surface area contributed by atoms with Gasteiger partial charge in [0.05, 0.1) is 0 Å². The quantitative estimate of drug-likeness (QED) is 0.308. The first-order valence-corrected chi connectivity index (χ1v) is 18.2. The fraction of sp³-hybridized carbons (Fsp3) is 0.543. The fourth-order valence-corrected chi connectivity index (χ4v) is 11.0. The second-order valence-corrected chi connectivity index (χ2v) is 16.3. The van der Waals surface area contributed by atoms with Crippen LogP contribution in [0.5, 0.6) is 0 Å². The van der Waals surface area contributed by atoms with E-state index in [9.17, 15) is 0 Å². The smallest absolute Gasteiger partial charge is 0.127 e. The Morgan fingerprint density at radius 2 is 1.41 bits per heavy atom. The van der Waals surface area contributed by atoms with Crippen molar-refractivity contribution in [3.63, 3.8) is 0 Å². The molecular weight excluding hydrogens is 462 g/mol. The summed E-state index contributed by atoms with van der Waals surface area (Å²) >= 11 is 0. The molecule has 202 valence electrons. The van der Waals surface area contributed by atoms with Gasteiger partial charge in [-0.05, 0) is 59.9 Å². The molecule has 0 spiro atoms. The van der Waals surface area contributed by atoms with Gasteiger partial charge < -0.3 is 4.98 Å². The van der Waals surface area contributed by atoms with E-state index in [4.69, 9.17) is 0 Å². The van der Waals surface area contributed by atoms with Crippen molar-refractivity contribution < 1.29 is 0 Å². The summed E-state index contributed by atoms with van der Waals surface area (Å²) in [4.78, 5) is 4.36. The Labute approximate surface area is 230 Å². The second-order valence-electron chi connectivity index (χ2n) is 12.0. The standard InChI is InChI=1S/C30H45NSi.C5H8/c1-24-23-29-27(25-17-12-11-13-18-25)21-16-22-28(29)30(24)32(2,3)31-26-19-14-9-7-5-4-6-8-10-15-20-26;1-3-5-4-2/h11-13,16-18,21-22,24,26,30-31H,4-10,14-15,19-20,23H2,1-3H3;3-5H,1H2,2H3. The summed E-state index contributed by atoms with van der Waals surface area (Å²) in [5.41, 5.74) is 6.83. The third kappa shape index (κ3) is 8.82. The maximum atomic E-state index is 4.36. The van der Waals surface area contributed by atoms with Gasteiger partial charge in [-0.15, -0.1) is 0 Å². The van der Waals surface area contributed by atoms with Gasteiger partial charge in [0.15, 0.2) is 0 Å². The second kappa shape index (κ2) is 15.5. The third-order valence-electron chi connectivity index (χ3n) is 8.51. The van der Waals surface area contributed by atoms with Gasteiger partial charge in [0.2, 0.25) is 0 Å². The Morgan fingerprint density at radius 1 is 0.811 bits per heavy atom. The zero-order chi connectivity index (χ0) is 26.5. The topological polar surface area (TPSA) is 12.0 Å². The van der Waals surface area contributed by atoms with E-state index in [0.717, 1.165) is 12.0 Å². The Morgan fingerprint density at radius 3 is 1.95 bits per heavy atom. The van der Waals surface area contributed by atoms with Crippen LogP contribution < -0.4 is 4.98 Å². The molecule has 1 N–H and O–H groups in total. The van der Waals surface area contributed by atoms with Crippen molar-refractivity contribution in [3.05, 3.63) is 84.5 Å². The lowest BCUT2D eigenvalue weighted by Gasteiger charge is -2.38. The lowest BCUT2D eigenvalue weighted by molar-refractivity contribution is 0.438. The molecule has 0 radical (unpaired) electrons. The summed E-state index contributed by atoms with van der Waals surface area (Å²) in [6.45, 7) is 13.2. The van der Waals surface area contributed by atoms with Gasteiger partial charge >= 0.3 is 0 Å². The number of hydrogen-bond acceptors (Lipinski definition) is 1. The van der Waals surface area contributed by atoms with Crippen LogP contribution in [0.3, 0.4) is 0 Å². The largest absolute Gasteiger partial charge is 0.334 e. The minimum Gasteiger partial charge on any atom is -0.334 e. The summed E-state index contributed by atoms with van der Waals surface area (Å²) in [7, 11) is -1.64. The van der Waals surface area contributed by atoms with Crippen LogP contribution in [0.2, 0.25) is 13.1 Å². The van der Waals surface area contributed by atoms with Crippen molar-refractivity contribution in [2.75, 3.05) is 0 Å². The number of benzene rings is 2. The van der Waals surface area contributed by atoms with Crippen LogP contribution >= 0.6 is 0 Å². The molecule has 1 saturated carbocycles. The summed E-state index contributed by atoms with van der Waals surface area (Å²) < 4.78 is 0. The van der Waals surface area contributed by atoms with E-state index in [2.05, 4.69) is 80.1 Å². The molecule has 1 fully saturated rings. The van der Waals surface area contributed by atoms with Crippen molar-refractivity contribution >= 4 is 8.24 Å². The molecule has 0 bridgehead atoms. The van der Waals surface area contributed by atoms with Crippen molar-refractivity contribution in [1.29, 1.82) is 0 Å². The van der Waals surface area contributed by atoms with Gasteiger partial charge in [0.25, 0.3) is 0 Å². The Bertz CT molecular complexity index is 948. The van der Waals surface area contributed by atoms with E-state index in [1.807, 2.05) is 19.1 Å². The van der Waals surface area contributed by atoms with Crippen molar-refractivity contribution in [1.82, 2.24) is 4.98 Å². The van der Waals surface area contributed by atoms with Gasteiger partial charge in [-0.25, -0.2) is 0 Å². The van der Waals surface area contributed by atoms with Crippen LogP contribution in [-0.2, 0) is 6.42 Å². The van der Waals surface area contributed by atoms with Crippen LogP contribution in [-0.4, -0.2) is 14.3 Å². The highest BCUT2D eigenvalue weighted by Gasteiger charge is 2.43. The average Bonchev–Trinajstić information content (AvgIpc) is 3.24. The van der Waals surface area contributed by atoms with E-state index in [-0.39, 0.29) is 0 Å². The minimum atomic E-state index is -1.64. The summed E-state index contributed by atoms with van der Waals surface area (Å²) in [6, 6.07) is 18.9. The van der Waals surface area contributed by atoms with Gasteiger partial charge in [-0.3, -0.25) is 0 Å². The number of hydrogen-bond donors (Lipinski definition) is 1. The van der Waals surface area contributed by atoms with Crippen LogP contribution in [0.15, 0.2) is 73.3 Å². The Kier molecular flexibility index (Phi) is 12.4. The highest BCUT2D eigenvalue weighted by molar-refractivity contribution is 6.76. The zero-order valence-electron chi connectivity index (χ0n) is 24.3. The Balaban J connectivity index is 0.000000695. The molecule has 2 aromatic carbocycles. The predicted molar refractivity (Wildman–Crippen MR) is 168 cm³/mol. The summed E-state index contributed by atoms with van der Waals surface area (Å²) in [6.07, 6.45) is 22.5.